The normalized spacial score (nSPS) is 10.6. The molecule has 3 rings (SSSR count). The zero-order valence-electron chi connectivity index (χ0n) is 14.0. The van der Waals surface area contributed by atoms with Crippen LogP contribution in [0.15, 0.2) is 56.1 Å². The van der Waals surface area contributed by atoms with Crippen molar-refractivity contribution in [3.8, 4) is 5.75 Å². The number of ketones is 1. The molecular weight excluding hydrogens is 359 g/mol. The van der Waals surface area contributed by atoms with E-state index in [0.717, 1.165) is 18.7 Å². The van der Waals surface area contributed by atoms with Crippen LogP contribution in [0.2, 0.25) is 0 Å². The molecule has 2 heterocycles. The number of halogens is 1. The van der Waals surface area contributed by atoms with Crippen LogP contribution in [0.4, 0.5) is 4.39 Å². The minimum Gasteiger partial charge on any atom is -0.501 e. The Labute approximate surface area is 151 Å². The van der Waals surface area contributed by atoms with E-state index < -0.39 is 34.5 Å². The van der Waals surface area contributed by atoms with Crippen LogP contribution in [-0.2, 0) is 11.2 Å². The van der Waals surface area contributed by atoms with Crippen LogP contribution in [0.3, 0.4) is 0 Å². The van der Waals surface area contributed by atoms with Crippen LogP contribution >= 0.6 is 0 Å². The number of carbonyl (C=O) groups is 2. The van der Waals surface area contributed by atoms with E-state index in [9.17, 15) is 23.9 Å². The third-order valence-corrected chi connectivity index (χ3v) is 3.69. The Morgan fingerprint density at radius 3 is 2.44 bits per heavy atom. The summed E-state index contributed by atoms with van der Waals surface area (Å²) < 4.78 is 27.8. The van der Waals surface area contributed by atoms with Gasteiger partial charge in [-0.05, 0) is 29.8 Å². The number of furan rings is 1. The highest BCUT2D eigenvalue weighted by molar-refractivity contribution is 6.07. The van der Waals surface area contributed by atoms with E-state index in [1.807, 2.05) is 0 Å². The number of aromatic hydroxyl groups is 1. The van der Waals surface area contributed by atoms with Crippen molar-refractivity contribution >= 4 is 11.8 Å². The molecule has 0 bridgehead atoms. The Hall–Kier alpha value is -3.68. The van der Waals surface area contributed by atoms with Crippen LogP contribution < -0.4 is 5.43 Å². The Morgan fingerprint density at radius 2 is 1.78 bits per heavy atom. The molecule has 1 aromatic carbocycles. The minimum atomic E-state index is -0.974. The van der Waals surface area contributed by atoms with Crippen molar-refractivity contribution in [1.29, 1.82) is 0 Å². The number of esters is 1. The van der Waals surface area contributed by atoms with Crippen molar-refractivity contribution < 1.29 is 32.7 Å². The maximum atomic E-state index is 12.9. The number of hydrogen-bond donors (Lipinski definition) is 1. The Kier molecular flexibility index (Phi) is 4.89. The van der Waals surface area contributed by atoms with Crippen molar-refractivity contribution in [2.24, 2.45) is 0 Å². The highest BCUT2D eigenvalue weighted by Gasteiger charge is 2.25. The van der Waals surface area contributed by atoms with Crippen molar-refractivity contribution in [2.75, 3.05) is 7.11 Å². The second-order valence-electron chi connectivity index (χ2n) is 5.54. The highest BCUT2D eigenvalue weighted by atomic mass is 19.1. The third kappa shape index (κ3) is 3.79. The molecule has 0 aliphatic heterocycles. The molecule has 0 unspecified atom stereocenters. The highest BCUT2D eigenvalue weighted by Crippen LogP contribution is 2.21. The number of rotatable bonds is 5. The van der Waals surface area contributed by atoms with Crippen molar-refractivity contribution in [1.82, 2.24) is 0 Å². The van der Waals surface area contributed by atoms with Crippen molar-refractivity contribution in [3.05, 3.63) is 87.1 Å². The second kappa shape index (κ2) is 7.28. The lowest BCUT2D eigenvalue weighted by molar-refractivity contribution is 0.0558. The molecule has 0 fully saturated rings. The summed E-state index contributed by atoms with van der Waals surface area (Å²) in [5, 5.41) is 9.82. The maximum Gasteiger partial charge on any atom is 0.374 e. The first-order valence-electron chi connectivity index (χ1n) is 7.72. The first-order valence-corrected chi connectivity index (χ1v) is 7.72. The van der Waals surface area contributed by atoms with Crippen molar-refractivity contribution in [3.63, 3.8) is 0 Å². The molecule has 2 aromatic heterocycles. The van der Waals surface area contributed by atoms with Gasteiger partial charge in [0.1, 0.15) is 11.6 Å². The Balaban J connectivity index is 1.89. The predicted molar refractivity (Wildman–Crippen MR) is 89.3 cm³/mol. The molecule has 1 N–H and O–H groups in total. The average Bonchev–Trinajstić information content (AvgIpc) is 3.13. The summed E-state index contributed by atoms with van der Waals surface area (Å²) in [6, 6.07) is 9.33. The van der Waals surface area contributed by atoms with E-state index >= 15 is 0 Å². The summed E-state index contributed by atoms with van der Waals surface area (Å²) in [4.78, 5) is 35.8. The van der Waals surface area contributed by atoms with E-state index in [4.69, 9.17) is 8.83 Å². The van der Waals surface area contributed by atoms with Gasteiger partial charge in [0, 0.05) is 12.5 Å². The SMILES string of the molecule is COC(=O)c1cc(=O)c(O)c(C(=O)c2ccc(Cc3ccc(F)cc3)o2)o1. The largest absolute Gasteiger partial charge is 0.501 e. The number of ether oxygens (including phenoxy) is 1. The molecule has 3 aromatic rings. The zero-order valence-corrected chi connectivity index (χ0v) is 14.0. The van der Waals surface area contributed by atoms with Gasteiger partial charge < -0.3 is 18.7 Å². The molecule has 0 atom stereocenters. The van der Waals surface area contributed by atoms with E-state index in [1.54, 1.807) is 12.1 Å². The topological polar surface area (TPSA) is 107 Å². The van der Waals surface area contributed by atoms with E-state index in [1.165, 1.54) is 24.3 Å². The minimum absolute atomic E-state index is 0.201. The average molecular weight is 372 g/mol. The molecule has 138 valence electrons. The van der Waals surface area contributed by atoms with Gasteiger partial charge in [-0.3, -0.25) is 9.59 Å². The fourth-order valence-corrected chi connectivity index (χ4v) is 2.35. The summed E-state index contributed by atoms with van der Waals surface area (Å²) in [5.74, 6) is -4.26. The zero-order chi connectivity index (χ0) is 19.6. The molecule has 0 spiro atoms. The molecule has 0 aliphatic rings. The standard InChI is InChI=1S/C19H13FO7/c1-25-19(24)15-9-13(21)16(22)18(27-15)17(23)14-7-6-12(26-14)8-10-2-4-11(20)5-3-10/h2-7,9,22H,8H2,1H3. The van der Waals surface area contributed by atoms with Crippen LogP contribution in [0, 0.1) is 5.82 Å². The van der Waals surface area contributed by atoms with Crippen LogP contribution in [-0.4, -0.2) is 24.0 Å². The predicted octanol–water partition coefficient (Wildman–Crippen LogP) is 2.69. The number of carbonyl (C=O) groups excluding carboxylic acids is 2. The van der Waals surface area contributed by atoms with Gasteiger partial charge in [-0.1, -0.05) is 12.1 Å². The number of methoxy groups -OCH3 is 1. The van der Waals surface area contributed by atoms with Gasteiger partial charge in [0.25, 0.3) is 5.78 Å². The summed E-state index contributed by atoms with van der Waals surface area (Å²) in [6.07, 6.45) is 0.297. The lowest BCUT2D eigenvalue weighted by Crippen LogP contribution is -2.13. The molecule has 0 amide bonds. The molecule has 0 saturated carbocycles. The maximum absolute atomic E-state index is 12.9. The fourth-order valence-electron chi connectivity index (χ4n) is 2.35. The monoisotopic (exact) mass is 372 g/mol. The smallest absolute Gasteiger partial charge is 0.374 e. The van der Waals surface area contributed by atoms with Crippen LogP contribution in [0.5, 0.6) is 5.75 Å². The van der Waals surface area contributed by atoms with E-state index in [2.05, 4.69) is 4.74 Å². The molecule has 27 heavy (non-hydrogen) atoms. The Morgan fingerprint density at radius 1 is 1.07 bits per heavy atom. The van der Waals surface area contributed by atoms with Gasteiger partial charge in [0.05, 0.1) is 7.11 Å². The fraction of sp³-hybridized carbons (Fsp3) is 0.105. The van der Waals surface area contributed by atoms with Gasteiger partial charge in [-0.15, -0.1) is 0 Å². The van der Waals surface area contributed by atoms with Gasteiger partial charge in [0.2, 0.25) is 22.7 Å². The number of benzene rings is 1. The van der Waals surface area contributed by atoms with E-state index in [-0.39, 0.29) is 11.6 Å². The van der Waals surface area contributed by atoms with Crippen molar-refractivity contribution in [2.45, 2.75) is 6.42 Å². The third-order valence-electron chi connectivity index (χ3n) is 3.69. The quantitative estimate of drug-likeness (QED) is 0.542. The molecule has 0 aliphatic carbocycles. The van der Waals surface area contributed by atoms with Gasteiger partial charge >= 0.3 is 5.97 Å². The molecule has 8 heteroatoms. The first-order chi connectivity index (χ1) is 12.9. The molecular formula is C19H13FO7. The summed E-state index contributed by atoms with van der Waals surface area (Å²) in [7, 11) is 1.07. The van der Waals surface area contributed by atoms with Gasteiger partial charge in [-0.25, -0.2) is 9.18 Å². The summed E-state index contributed by atoms with van der Waals surface area (Å²) in [6.45, 7) is 0. The lowest BCUT2D eigenvalue weighted by atomic mass is 10.1. The number of hydrogen-bond acceptors (Lipinski definition) is 7. The lowest BCUT2D eigenvalue weighted by Gasteiger charge is -2.03. The van der Waals surface area contributed by atoms with Gasteiger partial charge in [-0.2, -0.15) is 0 Å². The summed E-state index contributed by atoms with van der Waals surface area (Å²) in [5.41, 5.74) is -0.213. The van der Waals surface area contributed by atoms with Crippen LogP contribution in [0.25, 0.3) is 0 Å². The first kappa shape index (κ1) is 18.1. The van der Waals surface area contributed by atoms with Crippen LogP contribution in [0.1, 0.15) is 38.2 Å². The van der Waals surface area contributed by atoms with E-state index in [0.29, 0.717) is 12.2 Å². The molecule has 0 radical (unpaired) electrons. The Bertz CT molecular complexity index is 1060. The van der Waals surface area contributed by atoms with Gasteiger partial charge in [0.15, 0.2) is 5.76 Å². The molecule has 7 nitrogen and oxygen atoms in total. The molecule has 0 saturated heterocycles. The summed E-state index contributed by atoms with van der Waals surface area (Å²) >= 11 is 0. The second-order valence-corrected chi connectivity index (χ2v) is 5.54.